The van der Waals surface area contributed by atoms with E-state index < -0.39 is 0 Å². The van der Waals surface area contributed by atoms with Crippen molar-refractivity contribution < 1.29 is 9.63 Å². The van der Waals surface area contributed by atoms with Gasteiger partial charge in [-0.25, -0.2) is 4.79 Å². The molecule has 0 saturated heterocycles. The quantitative estimate of drug-likeness (QED) is 0.237. The van der Waals surface area contributed by atoms with Gasteiger partial charge in [0.2, 0.25) is 0 Å². The van der Waals surface area contributed by atoms with Crippen LogP contribution in [0.2, 0.25) is 0 Å². The molecule has 158 valence electrons. The molecule has 3 rings (SSSR count). The maximum Gasteiger partial charge on any atom is 0.357 e. The van der Waals surface area contributed by atoms with Crippen LogP contribution in [0.4, 0.5) is 0 Å². The van der Waals surface area contributed by atoms with E-state index >= 15 is 0 Å². The molecule has 0 unspecified atom stereocenters. The molecule has 3 aromatic carbocycles. The maximum atomic E-state index is 12.5. The average molecular weight is 412 g/mol. The van der Waals surface area contributed by atoms with Gasteiger partial charge in [-0.1, -0.05) is 86.6 Å². The van der Waals surface area contributed by atoms with Gasteiger partial charge in [-0.3, -0.25) is 0 Å². The largest absolute Gasteiger partial charge is 0.364 e. The number of nitrogens with zero attached hydrogens (tertiary/aromatic N) is 1. The second-order valence-electron chi connectivity index (χ2n) is 7.48. The molecule has 0 N–H and O–H groups in total. The monoisotopic (exact) mass is 411 g/mol. The fraction of sp³-hybridized carbons (Fsp3) is 0.250. The molecular weight excluding hydrogens is 382 g/mol. The van der Waals surface area contributed by atoms with Gasteiger partial charge < -0.3 is 4.84 Å². The van der Waals surface area contributed by atoms with Crippen LogP contribution in [0.15, 0.2) is 84.9 Å². The van der Waals surface area contributed by atoms with E-state index in [0.29, 0.717) is 18.7 Å². The zero-order valence-corrected chi connectivity index (χ0v) is 18.1. The number of hydrogen-bond acceptors (Lipinski definition) is 3. The lowest BCUT2D eigenvalue weighted by Crippen LogP contribution is -2.28. The molecular formula is C28H29NO2. The first-order valence-corrected chi connectivity index (χ1v) is 10.9. The Morgan fingerprint density at radius 3 is 2.03 bits per heavy atom. The number of carbonyl (C=O) groups is 1. The van der Waals surface area contributed by atoms with Crippen LogP contribution in [0.3, 0.4) is 0 Å². The van der Waals surface area contributed by atoms with E-state index in [0.717, 1.165) is 29.5 Å². The normalized spacial score (nSPS) is 10.4. The fourth-order valence-corrected chi connectivity index (χ4v) is 3.18. The van der Waals surface area contributed by atoms with Gasteiger partial charge in [0.25, 0.3) is 0 Å². The van der Waals surface area contributed by atoms with Gasteiger partial charge >= 0.3 is 5.97 Å². The molecule has 0 saturated carbocycles. The maximum absolute atomic E-state index is 12.5. The molecule has 0 aliphatic rings. The van der Waals surface area contributed by atoms with Crippen LogP contribution in [0, 0.1) is 11.8 Å². The number of carbonyl (C=O) groups excluding carboxylic acids is 1. The van der Waals surface area contributed by atoms with E-state index in [9.17, 15) is 4.79 Å². The van der Waals surface area contributed by atoms with Crippen molar-refractivity contribution in [3.8, 4) is 11.8 Å². The van der Waals surface area contributed by atoms with Crippen LogP contribution in [-0.2, 0) is 11.4 Å². The SMILES string of the molecule is CCCCCCN(Cc1ccc(C#Cc2ccccc2)cc1)OC(=O)c1ccccc1. The third-order valence-electron chi connectivity index (χ3n) is 4.92. The number of hydrogen-bond donors (Lipinski definition) is 0. The van der Waals surface area contributed by atoms with E-state index in [4.69, 9.17) is 4.84 Å². The first kappa shape index (κ1) is 22.3. The first-order valence-electron chi connectivity index (χ1n) is 10.9. The Kier molecular flexibility index (Phi) is 8.91. The van der Waals surface area contributed by atoms with Gasteiger partial charge in [-0.05, 0) is 48.4 Å². The zero-order chi connectivity index (χ0) is 21.7. The molecule has 0 aliphatic carbocycles. The molecule has 0 bridgehead atoms. The van der Waals surface area contributed by atoms with E-state index in [1.54, 1.807) is 17.2 Å². The predicted molar refractivity (Wildman–Crippen MR) is 125 cm³/mol. The summed E-state index contributed by atoms with van der Waals surface area (Å²) in [4.78, 5) is 18.2. The van der Waals surface area contributed by atoms with E-state index in [1.807, 2.05) is 72.8 Å². The number of unbranched alkanes of at least 4 members (excludes halogenated alkanes) is 3. The standard InChI is InChI=1S/C28H29NO2/c1-2-3-4-11-22-29(31-28(30)27-14-9-6-10-15-27)23-26-20-18-25(19-21-26)17-16-24-12-7-5-8-13-24/h5-10,12-15,18-21H,2-4,11,22-23H2,1H3. The highest BCUT2D eigenvalue weighted by atomic mass is 16.7. The molecule has 0 atom stereocenters. The first-order chi connectivity index (χ1) is 15.2. The zero-order valence-electron chi connectivity index (χ0n) is 18.1. The van der Waals surface area contributed by atoms with Crippen LogP contribution in [0.5, 0.6) is 0 Å². The van der Waals surface area contributed by atoms with Crippen LogP contribution in [0.1, 0.15) is 59.7 Å². The Bertz CT molecular complexity index is 986. The molecule has 3 aromatic rings. The number of rotatable bonds is 9. The summed E-state index contributed by atoms with van der Waals surface area (Å²) in [5.41, 5.74) is 3.61. The van der Waals surface area contributed by atoms with Crippen LogP contribution in [-0.4, -0.2) is 17.6 Å². The van der Waals surface area contributed by atoms with Crippen molar-refractivity contribution in [2.75, 3.05) is 6.54 Å². The summed E-state index contributed by atoms with van der Waals surface area (Å²) in [5, 5.41) is 1.77. The lowest BCUT2D eigenvalue weighted by Gasteiger charge is -2.21. The van der Waals surface area contributed by atoms with E-state index in [2.05, 4.69) is 18.8 Å². The molecule has 0 fully saturated rings. The van der Waals surface area contributed by atoms with Crippen LogP contribution < -0.4 is 0 Å². The van der Waals surface area contributed by atoms with Crippen molar-refractivity contribution in [1.82, 2.24) is 5.06 Å². The van der Waals surface area contributed by atoms with Crippen molar-refractivity contribution in [3.63, 3.8) is 0 Å². The average Bonchev–Trinajstić information content (AvgIpc) is 2.82. The van der Waals surface area contributed by atoms with Crippen molar-refractivity contribution >= 4 is 5.97 Å². The lowest BCUT2D eigenvalue weighted by molar-refractivity contribution is -0.117. The smallest absolute Gasteiger partial charge is 0.357 e. The second-order valence-corrected chi connectivity index (χ2v) is 7.48. The fourth-order valence-electron chi connectivity index (χ4n) is 3.18. The number of hydroxylamine groups is 2. The van der Waals surface area contributed by atoms with Gasteiger partial charge in [0.05, 0.1) is 12.1 Å². The molecule has 0 aromatic heterocycles. The summed E-state index contributed by atoms with van der Waals surface area (Å²) in [6.07, 6.45) is 4.49. The molecule has 3 nitrogen and oxygen atoms in total. The van der Waals surface area contributed by atoms with Gasteiger partial charge in [-0.15, -0.1) is 5.06 Å². The topological polar surface area (TPSA) is 29.5 Å². The highest BCUT2D eigenvalue weighted by molar-refractivity contribution is 5.89. The van der Waals surface area contributed by atoms with Crippen molar-refractivity contribution in [2.24, 2.45) is 0 Å². The van der Waals surface area contributed by atoms with Crippen molar-refractivity contribution in [1.29, 1.82) is 0 Å². The Morgan fingerprint density at radius 2 is 1.39 bits per heavy atom. The van der Waals surface area contributed by atoms with Crippen LogP contribution >= 0.6 is 0 Å². The summed E-state index contributed by atoms with van der Waals surface area (Å²) in [6.45, 7) is 3.46. The molecule has 31 heavy (non-hydrogen) atoms. The Morgan fingerprint density at radius 1 is 0.774 bits per heavy atom. The highest BCUT2D eigenvalue weighted by Crippen LogP contribution is 2.12. The van der Waals surface area contributed by atoms with Gasteiger partial charge in [-0.2, -0.15) is 0 Å². The van der Waals surface area contributed by atoms with Gasteiger partial charge in [0.15, 0.2) is 0 Å². The lowest BCUT2D eigenvalue weighted by atomic mass is 10.1. The second kappa shape index (κ2) is 12.4. The molecule has 3 heteroatoms. The van der Waals surface area contributed by atoms with Crippen molar-refractivity contribution in [2.45, 2.75) is 39.2 Å². The summed E-state index contributed by atoms with van der Waals surface area (Å²) >= 11 is 0. The minimum atomic E-state index is -0.318. The predicted octanol–water partition coefficient (Wildman–Crippen LogP) is 6.24. The Hall–Kier alpha value is -3.35. The summed E-state index contributed by atoms with van der Waals surface area (Å²) < 4.78 is 0. The van der Waals surface area contributed by atoms with E-state index in [1.165, 1.54) is 12.8 Å². The molecule has 0 radical (unpaired) electrons. The van der Waals surface area contributed by atoms with Gasteiger partial charge in [0.1, 0.15) is 0 Å². The summed E-state index contributed by atoms with van der Waals surface area (Å²) in [5.74, 6) is 6.05. The highest BCUT2D eigenvalue weighted by Gasteiger charge is 2.14. The summed E-state index contributed by atoms with van der Waals surface area (Å²) in [6, 6.07) is 27.2. The van der Waals surface area contributed by atoms with E-state index in [-0.39, 0.29) is 5.97 Å². The Balaban J connectivity index is 1.63. The minimum Gasteiger partial charge on any atom is -0.364 e. The third kappa shape index (κ3) is 7.77. The number of benzene rings is 3. The van der Waals surface area contributed by atoms with Gasteiger partial charge in [0, 0.05) is 17.7 Å². The minimum absolute atomic E-state index is 0.318. The molecule has 0 amide bonds. The molecule has 0 spiro atoms. The molecule has 0 aliphatic heterocycles. The Labute approximate surface area is 185 Å². The van der Waals surface area contributed by atoms with Crippen LogP contribution in [0.25, 0.3) is 0 Å². The third-order valence-corrected chi connectivity index (χ3v) is 4.92. The summed E-state index contributed by atoms with van der Waals surface area (Å²) in [7, 11) is 0. The molecule has 0 heterocycles. The van der Waals surface area contributed by atoms with Crippen molar-refractivity contribution in [3.05, 3.63) is 107 Å².